The van der Waals surface area contributed by atoms with Gasteiger partial charge in [0, 0.05) is 29.5 Å². The summed E-state index contributed by atoms with van der Waals surface area (Å²) in [6.07, 6.45) is 2.33. The normalized spacial score (nSPS) is 17.1. The zero-order valence-corrected chi connectivity index (χ0v) is 18.7. The number of aryl methyl sites for hydroxylation is 2. The van der Waals surface area contributed by atoms with E-state index in [1.54, 1.807) is 0 Å². The molecule has 0 aromatic carbocycles. The Bertz CT molecular complexity index is 1020. The molecule has 0 spiro atoms. The molecule has 3 aromatic heterocycles. The van der Waals surface area contributed by atoms with Crippen LogP contribution in [0.1, 0.15) is 67.1 Å². The fourth-order valence-corrected chi connectivity index (χ4v) is 4.43. The van der Waals surface area contributed by atoms with Crippen LogP contribution in [0.2, 0.25) is 0 Å². The number of hydrogen-bond acceptors (Lipinski definition) is 5. The molecule has 4 heterocycles. The summed E-state index contributed by atoms with van der Waals surface area (Å²) in [7, 11) is 0. The monoisotopic (exact) mass is 404 g/mol. The van der Waals surface area contributed by atoms with E-state index in [-0.39, 0.29) is 0 Å². The predicted octanol–water partition coefficient (Wildman–Crippen LogP) is 5.26. The number of anilines is 2. The average molecular weight is 405 g/mol. The molecule has 1 N–H and O–H groups in total. The van der Waals surface area contributed by atoms with E-state index in [1.165, 1.54) is 17.7 Å². The number of aromatic nitrogens is 4. The smallest absolute Gasteiger partial charge is 0.131 e. The van der Waals surface area contributed by atoms with Crippen LogP contribution in [0.25, 0.3) is 0 Å². The molecular weight excluding hydrogens is 372 g/mol. The molecular formula is C24H32N6. The van der Waals surface area contributed by atoms with Gasteiger partial charge in [-0.05, 0) is 78.3 Å². The van der Waals surface area contributed by atoms with Gasteiger partial charge in [0.1, 0.15) is 11.6 Å². The van der Waals surface area contributed by atoms with Crippen molar-refractivity contribution in [2.75, 3.05) is 11.9 Å². The number of pyridine rings is 2. The van der Waals surface area contributed by atoms with E-state index in [1.807, 2.05) is 31.2 Å². The van der Waals surface area contributed by atoms with Gasteiger partial charge in [0.2, 0.25) is 0 Å². The highest BCUT2D eigenvalue weighted by atomic mass is 15.3. The van der Waals surface area contributed by atoms with Gasteiger partial charge in [-0.2, -0.15) is 5.10 Å². The van der Waals surface area contributed by atoms with Gasteiger partial charge in [-0.15, -0.1) is 0 Å². The van der Waals surface area contributed by atoms with Crippen molar-refractivity contribution >= 4 is 11.6 Å². The van der Waals surface area contributed by atoms with Crippen molar-refractivity contribution in [3.05, 3.63) is 64.7 Å². The SMILES string of the molecule is Cc1cccc(Nc2cccc([C@@H]3CCCN3Cc3c(C)nn(C(C)C)c3C)n2)n1. The molecule has 1 aliphatic heterocycles. The molecule has 4 rings (SSSR count). The van der Waals surface area contributed by atoms with E-state index in [2.05, 4.69) is 59.7 Å². The van der Waals surface area contributed by atoms with Crippen LogP contribution in [-0.4, -0.2) is 31.2 Å². The summed E-state index contributed by atoms with van der Waals surface area (Å²) in [4.78, 5) is 12.0. The van der Waals surface area contributed by atoms with Crippen LogP contribution in [0, 0.1) is 20.8 Å². The van der Waals surface area contributed by atoms with Crippen LogP contribution in [0.4, 0.5) is 11.6 Å². The molecule has 1 aliphatic rings. The standard InChI is InChI=1S/C24H32N6/c1-16(2)30-19(5)20(18(4)28-30)15-29-14-8-11-22(29)21-10-7-13-24(26-21)27-23-12-6-9-17(3)25-23/h6-7,9-10,12-13,16,22H,8,11,14-15H2,1-5H3,(H,25,26,27)/t22-/m0/s1. The van der Waals surface area contributed by atoms with Crippen molar-refractivity contribution in [1.82, 2.24) is 24.6 Å². The Morgan fingerprint density at radius 2 is 1.77 bits per heavy atom. The quantitative estimate of drug-likeness (QED) is 0.607. The number of hydrogen-bond donors (Lipinski definition) is 1. The minimum Gasteiger partial charge on any atom is -0.325 e. The Hall–Kier alpha value is -2.73. The lowest BCUT2D eigenvalue weighted by atomic mass is 10.1. The molecule has 6 heteroatoms. The van der Waals surface area contributed by atoms with Gasteiger partial charge in [-0.1, -0.05) is 12.1 Å². The Morgan fingerprint density at radius 1 is 1.03 bits per heavy atom. The van der Waals surface area contributed by atoms with E-state index in [0.29, 0.717) is 12.1 Å². The first-order valence-electron chi connectivity index (χ1n) is 10.9. The van der Waals surface area contributed by atoms with E-state index in [4.69, 9.17) is 10.1 Å². The average Bonchev–Trinajstić information content (AvgIpc) is 3.28. The van der Waals surface area contributed by atoms with Gasteiger partial charge in [-0.25, -0.2) is 9.97 Å². The molecule has 0 saturated carbocycles. The molecule has 1 saturated heterocycles. The van der Waals surface area contributed by atoms with Crippen LogP contribution < -0.4 is 5.32 Å². The first kappa shape index (κ1) is 20.5. The van der Waals surface area contributed by atoms with Crippen molar-refractivity contribution in [3.8, 4) is 0 Å². The second kappa shape index (κ2) is 8.56. The fourth-order valence-electron chi connectivity index (χ4n) is 4.43. The topological polar surface area (TPSA) is 58.9 Å². The van der Waals surface area contributed by atoms with E-state index in [0.717, 1.165) is 48.2 Å². The molecule has 0 unspecified atom stereocenters. The summed E-state index contributed by atoms with van der Waals surface area (Å²) in [5.74, 6) is 1.67. The van der Waals surface area contributed by atoms with Gasteiger partial charge < -0.3 is 5.32 Å². The predicted molar refractivity (Wildman–Crippen MR) is 121 cm³/mol. The first-order valence-corrected chi connectivity index (χ1v) is 10.9. The Balaban J connectivity index is 1.54. The minimum atomic E-state index is 0.332. The summed E-state index contributed by atoms with van der Waals surface area (Å²) in [5.41, 5.74) is 5.89. The van der Waals surface area contributed by atoms with E-state index in [9.17, 15) is 0 Å². The molecule has 0 radical (unpaired) electrons. The largest absolute Gasteiger partial charge is 0.325 e. The highest BCUT2D eigenvalue weighted by Crippen LogP contribution is 2.34. The first-order chi connectivity index (χ1) is 14.4. The number of nitrogens with zero attached hydrogens (tertiary/aromatic N) is 5. The van der Waals surface area contributed by atoms with Gasteiger partial charge in [0.15, 0.2) is 0 Å². The molecule has 1 fully saturated rings. The third-order valence-electron chi connectivity index (χ3n) is 5.95. The number of rotatable bonds is 6. The maximum Gasteiger partial charge on any atom is 0.131 e. The van der Waals surface area contributed by atoms with Crippen molar-refractivity contribution in [1.29, 1.82) is 0 Å². The van der Waals surface area contributed by atoms with E-state index >= 15 is 0 Å². The van der Waals surface area contributed by atoms with Crippen LogP contribution in [-0.2, 0) is 6.54 Å². The lowest BCUT2D eigenvalue weighted by molar-refractivity contribution is 0.243. The summed E-state index contributed by atoms with van der Waals surface area (Å²) < 4.78 is 2.15. The molecule has 0 bridgehead atoms. The fraction of sp³-hybridized carbons (Fsp3) is 0.458. The Labute approximate surface area is 179 Å². The minimum absolute atomic E-state index is 0.332. The van der Waals surface area contributed by atoms with Crippen LogP contribution in [0.5, 0.6) is 0 Å². The van der Waals surface area contributed by atoms with Gasteiger partial charge in [-0.3, -0.25) is 9.58 Å². The number of nitrogens with one attached hydrogen (secondary N) is 1. The van der Waals surface area contributed by atoms with Crippen molar-refractivity contribution in [2.24, 2.45) is 0 Å². The second-order valence-electron chi connectivity index (χ2n) is 8.55. The highest BCUT2D eigenvalue weighted by molar-refractivity contribution is 5.51. The van der Waals surface area contributed by atoms with Crippen molar-refractivity contribution in [2.45, 2.75) is 66.1 Å². The molecule has 1 atom stereocenters. The van der Waals surface area contributed by atoms with Crippen molar-refractivity contribution in [3.63, 3.8) is 0 Å². The summed E-state index contributed by atoms with van der Waals surface area (Å²) in [6.45, 7) is 12.7. The Morgan fingerprint density at radius 3 is 2.47 bits per heavy atom. The van der Waals surface area contributed by atoms with Crippen LogP contribution >= 0.6 is 0 Å². The van der Waals surface area contributed by atoms with E-state index < -0.39 is 0 Å². The molecule has 0 amide bonds. The van der Waals surface area contributed by atoms with Gasteiger partial charge >= 0.3 is 0 Å². The lowest BCUT2D eigenvalue weighted by Crippen LogP contribution is -2.24. The Kier molecular flexibility index (Phi) is 5.86. The lowest BCUT2D eigenvalue weighted by Gasteiger charge is -2.24. The third-order valence-corrected chi connectivity index (χ3v) is 5.95. The molecule has 3 aromatic rings. The van der Waals surface area contributed by atoms with Gasteiger partial charge in [0.25, 0.3) is 0 Å². The van der Waals surface area contributed by atoms with Gasteiger partial charge in [0.05, 0.1) is 17.4 Å². The second-order valence-corrected chi connectivity index (χ2v) is 8.55. The number of likely N-dealkylation sites (tertiary alicyclic amines) is 1. The zero-order valence-electron chi connectivity index (χ0n) is 18.7. The highest BCUT2D eigenvalue weighted by Gasteiger charge is 2.29. The zero-order chi connectivity index (χ0) is 21.3. The molecule has 158 valence electrons. The summed E-state index contributed by atoms with van der Waals surface area (Å²) in [5, 5.41) is 8.13. The van der Waals surface area contributed by atoms with Crippen LogP contribution in [0.3, 0.4) is 0 Å². The molecule has 30 heavy (non-hydrogen) atoms. The van der Waals surface area contributed by atoms with Crippen molar-refractivity contribution < 1.29 is 0 Å². The maximum atomic E-state index is 4.94. The van der Waals surface area contributed by atoms with Crippen LogP contribution in [0.15, 0.2) is 36.4 Å². The maximum absolute atomic E-state index is 4.94. The summed E-state index contributed by atoms with van der Waals surface area (Å²) in [6, 6.07) is 12.9. The molecule has 6 nitrogen and oxygen atoms in total. The summed E-state index contributed by atoms with van der Waals surface area (Å²) >= 11 is 0. The molecule has 0 aliphatic carbocycles. The third kappa shape index (κ3) is 4.24.